The monoisotopic (exact) mass is 218 g/mol. The molecule has 1 rings (SSSR count). The molecule has 2 radical (unpaired) electrons. The topological polar surface area (TPSA) is 9.23 Å². The summed E-state index contributed by atoms with van der Waals surface area (Å²) in [6.07, 6.45) is 5.67. The summed E-state index contributed by atoms with van der Waals surface area (Å²) in [6, 6.07) is 10.0. The second-order valence-electron chi connectivity index (χ2n) is 4.38. The van der Waals surface area contributed by atoms with Gasteiger partial charge in [0.2, 0.25) is 0 Å². The molecule has 1 nitrogen and oxygen atoms in total. The van der Waals surface area contributed by atoms with E-state index in [0.717, 1.165) is 25.0 Å². The summed E-state index contributed by atoms with van der Waals surface area (Å²) in [7, 11) is 0. The normalized spacial score (nSPS) is 12.8. The molecule has 0 aliphatic carbocycles. The SMILES string of the molecule is [CH2]C(C)CC(CC[CH]C)Oc1ccccc1. The Bertz CT molecular complexity index is 266. The molecule has 0 amide bonds. The van der Waals surface area contributed by atoms with Gasteiger partial charge in [-0.15, -0.1) is 0 Å². The van der Waals surface area contributed by atoms with Crippen LogP contribution in [0.4, 0.5) is 0 Å². The van der Waals surface area contributed by atoms with Crippen LogP contribution < -0.4 is 4.74 Å². The number of rotatable bonds is 7. The van der Waals surface area contributed by atoms with E-state index in [2.05, 4.69) is 27.2 Å². The summed E-state index contributed by atoms with van der Waals surface area (Å²) in [4.78, 5) is 0. The molecule has 88 valence electrons. The van der Waals surface area contributed by atoms with Crippen LogP contribution in [0.15, 0.2) is 30.3 Å². The highest BCUT2D eigenvalue weighted by molar-refractivity contribution is 5.21. The molecular weight excluding hydrogens is 196 g/mol. The Hall–Kier alpha value is -0.980. The highest BCUT2D eigenvalue weighted by Gasteiger charge is 2.12. The van der Waals surface area contributed by atoms with Gasteiger partial charge in [0.25, 0.3) is 0 Å². The molecule has 0 aliphatic heterocycles. The Morgan fingerprint density at radius 2 is 2.00 bits per heavy atom. The van der Waals surface area contributed by atoms with Crippen molar-refractivity contribution in [1.82, 2.24) is 0 Å². The van der Waals surface area contributed by atoms with Gasteiger partial charge in [-0.1, -0.05) is 39.0 Å². The zero-order valence-electron chi connectivity index (χ0n) is 10.4. The lowest BCUT2D eigenvalue weighted by molar-refractivity contribution is 0.169. The van der Waals surface area contributed by atoms with Gasteiger partial charge >= 0.3 is 0 Å². The first kappa shape index (κ1) is 13.1. The van der Waals surface area contributed by atoms with Crippen molar-refractivity contribution in [2.24, 2.45) is 5.92 Å². The van der Waals surface area contributed by atoms with Gasteiger partial charge in [-0.3, -0.25) is 0 Å². The molecule has 0 heterocycles. The maximum absolute atomic E-state index is 5.97. The predicted molar refractivity (Wildman–Crippen MR) is 69.2 cm³/mol. The van der Waals surface area contributed by atoms with Crippen molar-refractivity contribution in [3.05, 3.63) is 43.7 Å². The van der Waals surface area contributed by atoms with Crippen molar-refractivity contribution in [2.45, 2.75) is 39.2 Å². The van der Waals surface area contributed by atoms with E-state index in [1.165, 1.54) is 0 Å². The minimum atomic E-state index is 0.283. The van der Waals surface area contributed by atoms with E-state index in [1.807, 2.05) is 30.3 Å². The number of hydrogen-bond acceptors (Lipinski definition) is 1. The van der Waals surface area contributed by atoms with Crippen molar-refractivity contribution in [1.29, 1.82) is 0 Å². The van der Waals surface area contributed by atoms with Crippen LogP contribution in [0, 0.1) is 19.3 Å². The number of hydrogen-bond donors (Lipinski definition) is 0. The minimum Gasteiger partial charge on any atom is -0.490 e. The molecular formula is C15H22O. The molecule has 0 saturated heterocycles. The second-order valence-corrected chi connectivity index (χ2v) is 4.38. The van der Waals surface area contributed by atoms with E-state index in [1.54, 1.807) is 0 Å². The van der Waals surface area contributed by atoms with Crippen LogP contribution in [0.2, 0.25) is 0 Å². The quantitative estimate of drug-likeness (QED) is 0.663. The van der Waals surface area contributed by atoms with E-state index in [0.29, 0.717) is 5.92 Å². The summed E-state index contributed by atoms with van der Waals surface area (Å²) < 4.78 is 5.97. The molecule has 1 heteroatoms. The van der Waals surface area contributed by atoms with Crippen molar-refractivity contribution in [3.63, 3.8) is 0 Å². The van der Waals surface area contributed by atoms with Crippen LogP contribution in [-0.2, 0) is 0 Å². The minimum absolute atomic E-state index is 0.283. The van der Waals surface area contributed by atoms with E-state index in [4.69, 9.17) is 4.74 Å². The first-order valence-corrected chi connectivity index (χ1v) is 6.05. The van der Waals surface area contributed by atoms with Crippen molar-refractivity contribution < 1.29 is 4.74 Å². The van der Waals surface area contributed by atoms with Crippen molar-refractivity contribution in [2.75, 3.05) is 0 Å². The van der Waals surface area contributed by atoms with Crippen LogP contribution in [0.1, 0.15) is 33.1 Å². The molecule has 16 heavy (non-hydrogen) atoms. The standard InChI is InChI=1S/C15H22O/c1-4-5-9-15(12-13(2)3)16-14-10-7-6-8-11-14/h4,6-8,10-11,13,15H,2,5,9,12H2,1,3H3. The van der Waals surface area contributed by atoms with Crippen LogP contribution in [0.3, 0.4) is 0 Å². The molecule has 1 aromatic carbocycles. The Kier molecular flexibility index (Phi) is 5.99. The van der Waals surface area contributed by atoms with Gasteiger partial charge in [0.05, 0.1) is 6.10 Å². The number of unbranched alkanes of at least 4 members (excludes halogenated alkanes) is 1. The fraction of sp³-hybridized carbons (Fsp3) is 0.467. The summed E-state index contributed by atoms with van der Waals surface area (Å²) >= 11 is 0. The van der Waals surface area contributed by atoms with Crippen molar-refractivity contribution >= 4 is 0 Å². The molecule has 0 aliphatic rings. The summed E-state index contributed by atoms with van der Waals surface area (Å²) in [5, 5.41) is 0. The zero-order valence-corrected chi connectivity index (χ0v) is 10.4. The Morgan fingerprint density at radius 1 is 1.31 bits per heavy atom. The van der Waals surface area contributed by atoms with Gasteiger partial charge in [0, 0.05) is 0 Å². The summed E-state index contributed by atoms with van der Waals surface area (Å²) in [5.41, 5.74) is 0. The molecule has 0 N–H and O–H groups in total. The Morgan fingerprint density at radius 3 is 2.56 bits per heavy atom. The van der Waals surface area contributed by atoms with Crippen LogP contribution in [-0.4, -0.2) is 6.10 Å². The summed E-state index contributed by atoms with van der Waals surface area (Å²) in [5.74, 6) is 1.40. The van der Waals surface area contributed by atoms with Gasteiger partial charge in [-0.05, 0) is 43.7 Å². The second kappa shape index (κ2) is 7.32. The zero-order chi connectivity index (χ0) is 11.8. The molecule has 2 atom stereocenters. The molecule has 0 spiro atoms. The molecule has 0 bridgehead atoms. The molecule has 0 aromatic heterocycles. The molecule has 2 unspecified atom stereocenters. The molecule has 0 fully saturated rings. The first-order valence-electron chi connectivity index (χ1n) is 6.05. The third kappa shape index (κ3) is 5.20. The molecule has 1 aromatic rings. The lowest BCUT2D eigenvalue weighted by Gasteiger charge is -2.20. The smallest absolute Gasteiger partial charge is 0.119 e. The van der Waals surface area contributed by atoms with Crippen molar-refractivity contribution in [3.8, 4) is 5.75 Å². The lowest BCUT2D eigenvalue weighted by atomic mass is 10.0. The number of ether oxygens (including phenoxy) is 1. The van der Waals surface area contributed by atoms with Gasteiger partial charge in [-0.25, -0.2) is 0 Å². The molecule has 0 saturated carbocycles. The van der Waals surface area contributed by atoms with Gasteiger partial charge in [-0.2, -0.15) is 0 Å². The third-order valence-corrected chi connectivity index (χ3v) is 2.49. The van der Waals surface area contributed by atoms with E-state index < -0.39 is 0 Å². The van der Waals surface area contributed by atoms with Gasteiger partial charge in [0.15, 0.2) is 0 Å². The fourth-order valence-corrected chi connectivity index (χ4v) is 1.72. The Labute approximate surface area is 99.8 Å². The van der Waals surface area contributed by atoms with Crippen LogP contribution >= 0.6 is 0 Å². The Balaban J connectivity index is 2.49. The average Bonchev–Trinajstić information content (AvgIpc) is 2.26. The largest absolute Gasteiger partial charge is 0.490 e. The van der Waals surface area contributed by atoms with E-state index in [9.17, 15) is 0 Å². The van der Waals surface area contributed by atoms with Crippen LogP contribution in [0.5, 0.6) is 5.75 Å². The lowest BCUT2D eigenvalue weighted by Crippen LogP contribution is -2.19. The first-order chi connectivity index (χ1) is 7.72. The van der Waals surface area contributed by atoms with E-state index >= 15 is 0 Å². The highest BCUT2D eigenvalue weighted by Crippen LogP contribution is 2.18. The average molecular weight is 218 g/mol. The highest BCUT2D eigenvalue weighted by atomic mass is 16.5. The van der Waals surface area contributed by atoms with Crippen LogP contribution in [0.25, 0.3) is 0 Å². The fourth-order valence-electron chi connectivity index (χ4n) is 1.72. The van der Waals surface area contributed by atoms with Gasteiger partial charge < -0.3 is 4.74 Å². The number of benzene rings is 1. The predicted octanol–water partition coefficient (Wildman–Crippen LogP) is 4.30. The maximum Gasteiger partial charge on any atom is 0.119 e. The maximum atomic E-state index is 5.97. The van der Waals surface area contributed by atoms with E-state index in [-0.39, 0.29) is 6.10 Å². The summed E-state index contributed by atoms with van der Waals surface area (Å²) in [6.45, 7) is 8.26. The number of para-hydroxylation sites is 1. The third-order valence-electron chi connectivity index (χ3n) is 2.49. The van der Waals surface area contributed by atoms with Gasteiger partial charge in [0.1, 0.15) is 5.75 Å².